The summed E-state index contributed by atoms with van der Waals surface area (Å²) in [4.78, 5) is 93.9. The van der Waals surface area contributed by atoms with E-state index < -0.39 is 35.9 Å². The fourth-order valence-electron chi connectivity index (χ4n) is 17.5. The van der Waals surface area contributed by atoms with Crippen LogP contribution in [0.5, 0.6) is 0 Å². The van der Waals surface area contributed by atoms with Crippen LogP contribution in [0.15, 0.2) is 165 Å². The quantitative estimate of drug-likeness (QED) is 0.0638. The summed E-state index contributed by atoms with van der Waals surface area (Å²) in [6.07, 6.45) is 15.6. The molecule has 1 aliphatic carbocycles. The van der Waals surface area contributed by atoms with E-state index in [4.69, 9.17) is 13.3 Å². The van der Waals surface area contributed by atoms with Gasteiger partial charge in [0, 0.05) is 162 Å². The van der Waals surface area contributed by atoms with E-state index in [1.54, 1.807) is 49.1 Å². The zero-order valence-electron chi connectivity index (χ0n) is 72.9. The van der Waals surface area contributed by atoms with Crippen molar-refractivity contribution in [3.05, 3.63) is 218 Å². The van der Waals surface area contributed by atoms with Crippen molar-refractivity contribution in [1.29, 1.82) is 0 Å². The van der Waals surface area contributed by atoms with E-state index in [9.17, 15) is 58.4 Å². The van der Waals surface area contributed by atoms with Gasteiger partial charge in [-0.15, -0.1) is 11.3 Å². The highest BCUT2D eigenvalue weighted by Gasteiger charge is 2.38. The number of aromatic nitrogens is 2. The number of hydrogen-bond acceptors (Lipinski definition) is 18. The molecule has 3 aliphatic heterocycles. The Balaban J connectivity index is 0.000000153. The molecular formula is C95H106FN11O15S4. The minimum Gasteiger partial charge on any atom is -0.455 e. The highest BCUT2D eigenvalue weighted by molar-refractivity contribution is 7.92. The van der Waals surface area contributed by atoms with Gasteiger partial charge in [-0.2, -0.15) is 0 Å². The van der Waals surface area contributed by atoms with Crippen molar-refractivity contribution in [2.75, 3.05) is 113 Å². The molecule has 3 N–H and O–H groups in total. The number of hydrogen-bond donors (Lipinski definition) is 3. The Morgan fingerprint density at radius 2 is 0.841 bits per heavy atom. The monoisotopic (exact) mass is 1790 g/mol. The highest BCUT2D eigenvalue weighted by Crippen LogP contribution is 2.47. The molecule has 7 aromatic carbocycles. The SMILES string of the molecule is CNC(=O)c1c(-c2ccc(C)cc2)oc2cc(N(C)S(C)(=O)=O)c([C@@H]3CCCN(C(=O)CC4CCCCC4)C3)cc12.CNC(=O)c1c(-c2ccc(C)cc2)oc2cc(N(C)S(C)(=O)=O)c([C@@H]3CCCN(C(=O)Cc4ccc(F)cn4)C3)cc12.CNC(=O)c1c(-c2ccc(C)cc2)oc2cc(N(C)S(C)(=O)=O)c([C@@H]3CCCN(C(=O)c4nc5ccccc5s4)C3)cc12. The van der Waals surface area contributed by atoms with Gasteiger partial charge in [0.25, 0.3) is 23.6 Å². The molecule has 126 heavy (non-hydrogen) atoms. The van der Waals surface area contributed by atoms with Gasteiger partial charge in [0.15, 0.2) is 5.01 Å². The maximum Gasteiger partial charge on any atom is 0.282 e. The molecule has 3 saturated heterocycles. The van der Waals surface area contributed by atoms with Gasteiger partial charge in [-0.25, -0.2) is 34.6 Å². The van der Waals surface area contributed by atoms with Gasteiger partial charge in [-0.3, -0.25) is 46.7 Å². The summed E-state index contributed by atoms with van der Waals surface area (Å²) < 4.78 is 113. The lowest BCUT2D eigenvalue weighted by Gasteiger charge is -2.36. The minimum absolute atomic E-state index is 0.0323. The van der Waals surface area contributed by atoms with Gasteiger partial charge in [0.2, 0.25) is 41.9 Å². The number of carbonyl (C=O) groups excluding carboxylic acids is 6. The van der Waals surface area contributed by atoms with E-state index in [-0.39, 0.29) is 59.6 Å². The lowest BCUT2D eigenvalue weighted by molar-refractivity contribution is -0.134. The van der Waals surface area contributed by atoms with Gasteiger partial charge < -0.3 is 43.9 Å². The zero-order chi connectivity index (χ0) is 90.0. The van der Waals surface area contributed by atoms with Gasteiger partial charge in [-0.05, 0) is 137 Å². The Morgan fingerprint density at radius 1 is 0.468 bits per heavy atom. The van der Waals surface area contributed by atoms with Crippen LogP contribution in [0.2, 0.25) is 0 Å². The molecule has 0 bridgehead atoms. The van der Waals surface area contributed by atoms with Crippen LogP contribution in [-0.2, 0) is 46.1 Å². The van der Waals surface area contributed by atoms with E-state index in [0.717, 1.165) is 112 Å². The highest BCUT2D eigenvalue weighted by atomic mass is 32.2. The predicted molar refractivity (Wildman–Crippen MR) is 493 cm³/mol. The molecular weight excluding hydrogens is 1680 g/mol. The van der Waals surface area contributed by atoms with E-state index >= 15 is 0 Å². The first-order chi connectivity index (χ1) is 60.1. The van der Waals surface area contributed by atoms with Crippen molar-refractivity contribution in [3.63, 3.8) is 0 Å². The number of thiazole rings is 1. The number of benzene rings is 7. The summed E-state index contributed by atoms with van der Waals surface area (Å²) in [6.45, 7) is 9.06. The molecule has 5 aromatic heterocycles. The third-order valence-corrected chi connectivity index (χ3v) is 29.3. The largest absolute Gasteiger partial charge is 0.455 e. The Morgan fingerprint density at radius 3 is 1.21 bits per heavy atom. The van der Waals surface area contributed by atoms with Crippen LogP contribution in [0, 0.1) is 32.5 Å². The number of para-hydroxylation sites is 1. The second kappa shape index (κ2) is 37.8. The van der Waals surface area contributed by atoms with E-state index in [1.807, 2.05) is 141 Å². The molecule has 3 atom stereocenters. The summed E-state index contributed by atoms with van der Waals surface area (Å²) in [5.74, 6) is -0.216. The number of furan rings is 3. The number of pyridine rings is 1. The number of likely N-dealkylation sites (tertiary alicyclic amines) is 3. The van der Waals surface area contributed by atoms with E-state index in [0.29, 0.717) is 165 Å². The molecule has 26 nitrogen and oxygen atoms in total. The van der Waals surface area contributed by atoms with E-state index in [2.05, 4.69) is 25.9 Å². The lowest BCUT2D eigenvalue weighted by Crippen LogP contribution is -2.40. The normalized spacial score (nSPS) is 16.5. The number of carbonyl (C=O) groups is 6. The first-order valence-corrected chi connectivity index (χ1v) is 48.7. The van der Waals surface area contributed by atoms with Gasteiger partial charge in [0.05, 0.1) is 75.4 Å². The van der Waals surface area contributed by atoms with Gasteiger partial charge >= 0.3 is 0 Å². The van der Waals surface area contributed by atoms with Gasteiger partial charge in [0.1, 0.15) is 39.8 Å². The van der Waals surface area contributed by atoms with Crippen LogP contribution >= 0.6 is 11.3 Å². The predicted octanol–water partition coefficient (Wildman–Crippen LogP) is 16.3. The summed E-state index contributed by atoms with van der Waals surface area (Å²) in [6, 6.07) is 44.2. The summed E-state index contributed by atoms with van der Waals surface area (Å²) in [5.41, 5.74) is 12.7. The molecule has 31 heteroatoms. The van der Waals surface area contributed by atoms with Gasteiger partial charge in [-0.1, -0.05) is 121 Å². The number of halogens is 1. The third-order valence-electron chi connectivity index (χ3n) is 24.7. The fourth-order valence-corrected chi connectivity index (χ4v) is 20.0. The van der Waals surface area contributed by atoms with Crippen molar-refractivity contribution < 1.29 is 71.7 Å². The van der Waals surface area contributed by atoms with Crippen LogP contribution in [0.1, 0.15) is 175 Å². The number of sulfonamides is 3. The fraction of sp³-hybridized carbons (Fsp3) is 0.368. The van der Waals surface area contributed by atoms with Crippen LogP contribution < -0.4 is 28.9 Å². The number of anilines is 3. The molecule has 662 valence electrons. The number of aryl methyl sites for hydroxylation is 3. The average Bonchev–Trinajstić information content (AvgIpc) is 1.62. The molecule has 0 unspecified atom stereocenters. The second-order valence-corrected chi connectivity index (χ2v) is 40.5. The Hall–Kier alpha value is -11.8. The average molecular weight is 1790 g/mol. The first-order valence-electron chi connectivity index (χ1n) is 42.4. The zero-order valence-corrected chi connectivity index (χ0v) is 76.2. The topological polar surface area (TPSA) is 326 Å². The lowest BCUT2D eigenvalue weighted by atomic mass is 9.85. The summed E-state index contributed by atoms with van der Waals surface area (Å²) in [5, 5.41) is 10.4. The van der Waals surface area contributed by atoms with Crippen molar-refractivity contribution in [3.8, 4) is 34.0 Å². The number of fused-ring (bicyclic) bond motifs is 4. The number of nitrogens with one attached hydrogen (secondary N) is 3. The van der Waals surface area contributed by atoms with Crippen molar-refractivity contribution in [2.45, 2.75) is 122 Å². The van der Waals surface area contributed by atoms with Crippen molar-refractivity contribution >= 4 is 137 Å². The standard InChI is InChI=1S/C32H32N4O5S2.C32H41N3O5S.C31H33FN4O5S/c1-19-11-13-20(14-12-19)29-28(30(37)33-2)23-16-22(25(17-26(23)41-29)35(3)43(4,39)40)21-8-7-15-36(18-21)32(38)31-34-24-9-5-6-10-27(24)42-31;1-21-12-14-23(15-13-21)31-30(32(37)33-2)26-18-25(27(19-28(26)40-31)34(3)41(4,38)39)24-11-8-16-35(20-24)29(36)17-22-9-6-5-7-10-22;1-19-7-9-20(10-8-19)30-29(31(38)33-2)25-15-24(26(16-27(25)41-30)35(3)42(4,39)40)21-6-5-13-36(18-21)28(37)14-23-12-11-22(32)17-34-23/h5-6,9-14,16-17,21H,7-8,15,18H2,1-4H3,(H,33,37);12-15,18-19,22,24H,5-11,16-17,20H2,1-4H3,(H,33,37);7-12,15-17,21H,5-6,13-14,18H2,1-4H3,(H,33,38)/t21-;24-;21-/m111/s1. The Bertz CT molecular complexity index is 6470. The molecule has 16 rings (SSSR count). The van der Waals surface area contributed by atoms with Crippen LogP contribution in [0.25, 0.3) is 77.1 Å². The Labute approximate surface area is 738 Å². The van der Waals surface area contributed by atoms with Crippen molar-refractivity contribution in [2.24, 2.45) is 5.92 Å². The number of piperidine rings is 3. The minimum atomic E-state index is -3.65. The molecule has 12 aromatic rings. The van der Waals surface area contributed by atoms with Crippen molar-refractivity contribution in [1.82, 2.24) is 40.6 Å². The molecule has 0 spiro atoms. The van der Waals surface area contributed by atoms with E-state index in [1.165, 1.54) is 83.0 Å². The summed E-state index contributed by atoms with van der Waals surface area (Å²) in [7, 11) is -1.63. The third kappa shape index (κ3) is 19.7. The molecule has 8 heterocycles. The first kappa shape index (κ1) is 90.4. The second-order valence-electron chi connectivity index (χ2n) is 33.5. The molecule has 1 saturated carbocycles. The molecule has 6 amide bonds. The number of rotatable bonds is 20. The smallest absolute Gasteiger partial charge is 0.282 e. The maximum atomic E-state index is 13.6. The van der Waals surface area contributed by atoms with Crippen LogP contribution in [0.4, 0.5) is 21.5 Å². The maximum absolute atomic E-state index is 13.6. The Kier molecular flexibility index (Phi) is 27.1. The van der Waals surface area contributed by atoms with Crippen LogP contribution in [-0.4, -0.2) is 186 Å². The molecule has 4 aliphatic rings. The number of nitrogens with zero attached hydrogens (tertiary/aromatic N) is 8. The number of amides is 6. The molecule has 4 fully saturated rings. The van der Waals surface area contributed by atoms with Crippen LogP contribution in [0.3, 0.4) is 0 Å². The molecule has 0 radical (unpaired) electrons. The summed E-state index contributed by atoms with van der Waals surface area (Å²) >= 11 is 1.37.